The number of aromatic nitrogens is 4. The van der Waals surface area contributed by atoms with E-state index in [1.54, 1.807) is 39.9 Å². The van der Waals surface area contributed by atoms with Crippen LogP contribution in [-0.2, 0) is 29.6 Å². The summed E-state index contributed by atoms with van der Waals surface area (Å²) in [5.74, 6) is -3.02. The predicted molar refractivity (Wildman–Crippen MR) is 130 cm³/mol. The lowest BCUT2D eigenvalue weighted by molar-refractivity contribution is -0.156. The summed E-state index contributed by atoms with van der Waals surface area (Å²) in [6, 6.07) is 9.08. The Bertz CT molecular complexity index is 1620. The van der Waals surface area contributed by atoms with Crippen molar-refractivity contribution in [3.05, 3.63) is 59.9 Å². The third kappa shape index (κ3) is 4.92. The summed E-state index contributed by atoms with van der Waals surface area (Å²) in [4.78, 5) is 3.16. The van der Waals surface area contributed by atoms with Gasteiger partial charge in [-0.2, -0.15) is 18.3 Å². The first-order valence-corrected chi connectivity index (χ1v) is 13.2. The standard InChI is InChI=1S/C23H21F4N7O3S/c1-32-19-15(12-29-32)3-2-4-18(19)34(22(28)33-7-9-38(35,36)10-8-33)13-16-6-5-14(11-17(16)24)20-30-31-21(37-20)23(25,26)27/h2-6,11-12,28H,7-10,13H2,1H3. The quantitative estimate of drug-likeness (QED) is 0.233. The van der Waals surface area contributed by atoms with Crippen molar-refractivity contribution >= 4 is 32.4 Å². The van der Waals surface area contributed by atoms with E-state index in [9.17, 15) is 21.6 Å². The maximum absolute atomic E-state index is 15.3. The normalized spacial score (nSPS) is 15.7. The van der Waals surface area contributed by atoms with E-state index < -0.39 is 33.6 Å². The molecule has 200 valence electrons. The highest BCUT2D eigenvalue weighted by Crippen LogP contribution is 2.32. The molecule has 15 heteroatoms. The summed E-state index contributed by atoms with van der Waals surface area (Å²) < 4.78 is 83.8. The number of para-hydroxylation sites is 1. The van der Waals surface area contributed by atoms with Gasteiger partial charge in [0.05, 0.1) is 35.5 Å². The lowest BCUT2D eigenvalue weighted by Gasteiger charge is -2.36. The second-order valence-electron chi connectivity index (χ2n) is 8.75. The number of nitrogens with one attached hydrogen (secondary N) is 1. The molecule has 0 atom stereocenters. The van der Waals surface area contributed by atoms with Gasteiger partial charge in [0.15, 0.2) is 15.8 Å². The molecule has 0 saturated carbocycles. The van der Waals surface area contributed by atoms with Gasteiger partial charge in [0.1, 0.15) is 5.82 Å². The number of aryl methyl sites for hydroxylation is 1. The number of rotatable bonds is 4. The van der Waals surface area contributed by atoms with E-state index in [4.69, 9.17) is 5.41 Å². The number of fused-ring (bicyclic) bond motifs is 1. The molecule has 0 bridgehead atoms. The molecule has 1 saturated heterocycles. The SMILES string of the molecule is Cn1ncc2cccc(N(Cc3ccc(-c4nnc(C(F)(F)F)o4)cc3F)C(=N)N3CCS(=O)(=O)CC3)c21. The lowest BCUT2D eigenvalue weighted by atomic mass is 10.1. The van der Waals surface area contributed by atoms with Gasteiger partial charge in [0, 0.05) is 36.7 Å². The van der Waals surface area contributed by atoms with Crippen LogP contribution < -0.4 is 4.90 Å². The number of guanidine groups is 1. The fourth-order valence-corrected chi connectivity index (χ4v) is 5.43. The smallest absolute Gasteiger partial charge is 0.413 e. The summed E-state index contributed by atoms with van der Waals surface area (Å²) >= 11 is 0. The van der Waals surface area contributed by atoms with Crippen LogP contribution in [0.4, 0.5) is 23.2 Å². The molecule has 5 rings (SSSR count). The van der Waals surface area contributed by atoms with Crippen LogP contribution in [0.25, 0.3) is 22.4 Å². The zero-order valence-electron chi connectivity index (χ0n) is 19.9. The molecule has 2 aromatic heterocycles. The van der Waals surface area contributed by atoms with Crippen LogP contribution in [-0.4, -0.2) is 63.9 Å². The Balaban J connectivity index is 1.50. The van der Waals surface area contributed by atoms with Gasteiger partial charge in [0.25, 0.3) is 0 Å². The molecule has 0 spiro atoms. The Morgan fingerprint density at radius 2 is 1.89 bits per heavy atom. The average molecular weight is 552 g/mol. The van der Waals surface area contributed by atoms with Crippen LogP contribution in [0.3, 0.4) is 0 Å². The highest BCUT2D eigenvalue weighted by Gasteiger charge is 2.38. The molecule has 10 nitrogen and oxygen atoms in total. The lowest BCUT2D eigenvalue weighted by Crippen LogP contribution is -2.50. The van der Waals surface area contributed by atoms with Gasteiger partial charge < -0.3 is 14.2 Å². The Labute approximate surface area is 213 Å². The number of alkyl halides is 3. The predicted octanol–water partition coefficient (Wildman–Crippen LogP) is 3.45. The second kappa shape index (κ2) is 9.38. The maximum atomic E-state index is 15.3. The molecular weight excluding hydrogens is 530 g/mol. The average Bonchev–Trinajstić information content (AvgIpc) is 3.51. The fourth-order valence-electron chi connectivity index (χ4n) is 4.23. The van der Waals surface area contributed by atoms with E-state index in [1.165, 1.54) is 12.1 Å². The van der Waals surface area contributed by atoms with Gasteiger partial charge in [-0.05, 0) is 18.2 Å². The summed E-state index contributed by atoms with van der Waals surface area (Å²) in [5.41, 5.74) is 1.34. The fraction of sp³-hybridized carbons (Fsp3) is 0.304. The van der Waals surface area contributed by atoms with E-state index in [1.807, 2.05) is 6.07 Å². The van der Waals surface area contributed by atoms with Crippen molar-refractivity contribution in [1.29, 1.82) is 5.41 Å². The van der Waals surface area contributed by atoms with E-state index >= 15 is 4.39 Å². The molecule has 0 unspecified atom stereocenters. The van der Waals surface area contributed by atoms with E-state index in [2.05, 4.69) is 19.7 Å². The Morgan fingerprint density at radius 1 is 1.16 bits per heavy atom. The number of sulfone groups is 1. The molecule has 3 heterocycles. The van der Waals surface area contributed by atoms with Crippen molar-refractivity contribution in [3.63, 3.8) is 0 Å². The molecule has 0 amide bonds. The Kier molecular flexibility index (Phi) is 6.33. The number of halogens is 4. The van der Waals surface area contributed by atoms with Crippen molar-refractivity contribution in [2.75, 3.05) is 29.5 Å². The minimum atomic E-state index is -4.83. The molecule has 1 aliphatic heterocycles. The minimum absolute atomic E-state index is 0.0243. The highest BCUT2D eigenvalue weighted by molar-refractivity contribution is 7.91. The van der Waals surface area contributed by atoms with Gasteiger partial charge in [-0.15, -0.1) is 10.2 Å². The second-order valence-corrected chi connectivity index (χ2v) is 11.1. The van der Waals surface area contributed by atoms with Gasteiger partial charge in [0.2, 0.25) is 5.89 Å². The van der Waals surface area contributed by atoms with Gasteiger partial charge in [-0.3, -0.25) is 10.1 Å². The van der Waals surface area contributed by atoms with Crippen LogP contribution in [0.1, 0.15) is 11.5 Å². The number of nitrogens with zero attached hydrogens (tertiary/aromatic N) is 6. The van der Waals surface area contributed by atoms with E-state index in [-0.39, 0.29) is 48.2 Å². The first-order chi connectivity index (χ1) is 17.9. The summed E-state index contributed by atoms with van der Waals surface area (Å²) in [5, 5.41) is 20.3. The van der Waals surface area contributed by atoms with Crippen LogP contribution in [0.2, 0.25) is 0 Å². The molecule has 2 aromatic carbocycles. The van der Waals surface area contributed by atoms with E-state index in [0.29, 0.717) is 11.2 Å². The minimum Gasteiger partial charge on any atom is -0.413 e. The molecule has 0 radical (unpaired) electrons. The van der Waals surface area contributed by atoms with Crippen LogP contribution in [0.5, 0.6) is 0 Å². The molecule has 0 aliphatic carbocycles. The van der Waals surface area contributed by atoms with Gasteiger partial charge in [-0.1, -0.05) is 18.2 Å². The third-order valence-electron chi connectivity index (χ3n) is 6.23. The van der Waals surface area contributed by atoms with E-state index in [0.717, 1.165) is 11.5 Å². The highest BCUT2D eigenvalue weighted by atomic mass is 32.2. The van der Waals surface area contributed by atoms with Crippen molar-refractivity contribution < 1.29 is 30.4 Å². The topological polar surface area (TPSA) is 121 Å². The first kappa shape index (κ1) is 25.6. The van der Waals surface area contributed by atoms with Crippen LogP contribution in [0.15, 0.2) is 47.0 Å². The van der Waals surface area contributed by atoms with Crippen molar-refractivity contribution in [1.82, 2.24) is 24.9 Å². The summed E-state index contributed by atoms with van der Waals surface area (Å²) in [6.45, 7) is 0.0917. The van der Waals surface area contributed by atoms with Crippen molar-refractivity contribution in [2.24, 2.45) is 7.05 Å². The van der Waals surface area contributed by atoms with Crippen LogP contribution in [0, 0.1) is 11.2 Å². The van der Waals surface area contributed by atoms with Crippen LogP contribution >= 0.6 is 0 Å². The largest absolute Gasteiger partial charge is 0.470 e. The monoisotopic (exact) mass is 551 g/mol. The number of hydrogen-bond donors (Lipinski definition) is 1. The first-order valence-electron chi connectivity index (χ1n) is 11.3. The summed E-state index contributed by atoms with van der Waals surface area (Å²) in [6.07, 6.45) is -3.17. The zero-order valence-corrected chi connectivity index (χ0v) is 20.7. The number of anilines is 1. The molecule has 4 aromatic rings. The number of hydrogen-bond acceptors (Lipinski definition) is 7. The molecule has 1 fully saturated rings. The number of benzene rings is 2. The molecule has 1 N–H and O–H groups in total. The van der Waals surface area contributed by atoms with Crippen molar-refractivity contribution in [3.8, 4) is 11.5 Å². The van der Waals surface area contributed by atoms with Crippen molar-refractivity contribution in [2.45, 2.75) is 12.7 Å². The van der Waals surface area contributed by atoms with Gasteiger partial charge >= 0.3 is 12.1 Å². The van der Waals surface area contributed by atoms with Gasteiger partial charge in [-0.25, -0.2) is 12.8 Å². The Hall–Kier alpha value is -4.01. The molecule has 38 heavy (non-hydrogen) atoms. The maximum Gasteiger partial charge on any atom is 0.470 e. The molecular formula is C23H21F4N7O3S. The Morgan fingerprint density at radius 3 is 2.55 bits per heavy atom. The molecule has 1 aliphatic rings. The summed E-state index contributed by atoms with van der Waals surface area (Å²) in [7, 11) is -1.47. The third-order valence-corrected chi connectivity index (χ3v) is 7.84. The zero-order chi connectivity index (χ0) is 27.2.